The fourth-order valence-corrected chi connectivity index (χ4v) is 1.62. The third kappa shape index (κ3) is 1.41. The summed E-state index contributed by atoms with van der Waals surface area (Å²) in [6.45, 7) is 1.59. The van der Waals surface area contributed by atoms with Crippen molar-refractivity contribution in [2.75, 3.05) is 0 Å². The topological polar surface area (TPSA) is 34.9 Å². The maximum Gasteiger partial charge on any atom is 0.163 e. The molecule has 2 heterocycles. The molecular weight excluding hydrogens is 164 g/mol. The molecule has 0 unspecified atom stereocenters. The second-order valence-corrected chi connectivity index (χ2v) is 3.28. The van der Waals surface area contributed by atoms with Crippen molar-refractivity contribution < 1.29 is 4.79 Å². The quantitative estimate of drug-likeness (QED) is 0.612. The largest absolute Gasteiger partial charge is 0.294 e. The Morgan fingerprint density at radius 2 is 2.46 bits per heavy atom. The second-order valence-electron chi connectivity index (χ2n) is 3.28. The summed E-state index contributed by atoms with van der Waals surface area (Å²) in [5, 5.41) is 4.15. The molecule has 0 saturated heterocycles. The van der Waals surface area contributed by atoms with Gasteiger partial charge in [0, 0.05) is 6.20 Å². The lowest BCUT2D eigenvalue weighted by Gasteiger charge is -2.00. The van der Waals surface area contributed by atoms with Gasteiger partial charge in [-0.2, -0.15) is 5.10 Å². The summed E-state index contributed by atoms with van der Waals surface area (Å²) in [5.41, 5.74) is 1.83. The predicted octanol–water partition coefficient (Wildman–Crippen LogP) is 1.89. The van der Waals surface area contributed by atoms with Crippen LogP contribution in [0.2, 0.25) is 0 Å². The van der Waals surface area contributed by atoms with Gasteiger partial charge in [0.25, 0.3) is 0 Å². The Balaban J connectivity index is 2.48. The van der Waals surface area contributed by atoms with Gasteiger partial charge in [0.2, 0.25) is 0 Å². The number of hydrogen-bond acceptors (Lipinski definition) is 2. The molecule has 0 spiro atoms. The predicted molar refractivity (Wildman–Crippen MR) is 50.5 cm³/mol. The Kier molecular flexibility index (Phi) is 2.00. The SMILES string of the molecule is CC(=O)c1cnn2c1CCCC=C2. The molecule has 1 aliphatic heterocycles. The fourth-order valence-electron chi connectivity index (χ4n) is 1.62. The maximum absolute atomic E-state index is 11.2. The first-order valence-electron chi connectivity index (χ1n) is 4.53. The molecular formula is C10H12N2O. The van der Waals surface area contributed by atoms with E-state index in [1.807, 2.05) is 10.9 Å². The summed E-state index contributed by atoms with van der Waals surface area (Å²) in [6.07, 6.45) is 8.81. The maximum atomic E-state index is 11.2. The molecule has 0 aliphatic carbocycles. The third-order valence-electron chi connectivity index (χ3n) is 2.31. The molecule has 1 aliphatic rings. The molecule has 0 amide bonds. The molecule has 0 bridgehead atoms. The summed E-state index contributed by atoms with van der Waals surface area (Å²) >= 11 is 0. The highest BCUT2D eigenvalue weighted by atomic mass is 16.1. The number of hydrogen-bond donors (Lipinski definition) is 0. The lowest BCUT2D eigenvalue weighted by Crippen LogP contribution is -2.00. The molecule has 0 saturated carbocycles. The van der Waals surface area contributed by atoms with Crippen LogP contribution in [0.5, 0.6) is 0 Å². The highest BCUT2D eigenvalue weighted by Crippen LogP contribution is 2.16. The first kappa shape index (κ1) is 8.23. The minimum Gasteiger partial charge on any atom is -0.294 e. The van der Waals surface area contributed by atoms with Gasteiger partial charge >= 0.3 is 0 Å². The Hall–Kier alpha value is -1.38. The molecule has 0 radical (unpaired) electrons. The van der Waals surface area contributed by atoms with Gasteiger partial charge in [-0.25, -0.2) is 4.68 Å². The van der Waals surface area contributed by atoms with Gasteiger partial charge < -0.3 is 0 Å². The van der Waals surface area contributed by atoms with E-state index in [-0.39, 0.29) is 5.78 Å². The van der Waals surface area contributed by atoms with E-state index in [1.165, 1.54) is 0 Å². The van der Waals surface area contributed by atoms with E-state index in [1.54, 1.807) is 13.1 Å². The van der Waals surface area contributed by atoms with E-state index in [4.69, 9.17) is 0 Å². The first-order valence-corrected chi connectivity index (χ1v) is 4.53. The number of rotatable bonds is 1. The summed E-state index contributed by atoms with van der Waals surface area (Å²) in [5.74, 6) is 0.108. The average Bonchev–Trinajstić information content (AvgIpc) is 2.36. The average molecular weight is 176 g/mol. The van der Waals surface area contributed by atoms with Crippen LogP contribution in [0.15, 0.2) is 12.3 Å². The zero-order chi connectivity index (χ0) is 9.26. The summed E-state index contributed by atoms with van der Waals surface area (Å²) in [4.78, 5) is 11.2. The van der Waals surface area contributed by atoms with Crippen molar-refractivity contribution in [3.8, 4) is 0 Å². The zero-order valence-corrected chi connectivity index (χ0v) is 7.66. The number of carbonyl (C=O) groups excluding carboxylic acids is 1. The van der Waals surface area contributed by atoms with Crippen LogP contribution >= 0.6 is 0 Å². The number of fused-ring (bicyclic) bond motifs is 1. The summed E-state index contributed by atoms with van der Waals surface area (Å²) in [6, 6.07) is 0. The van der Waals surface area contributed by atoms with E-state index >= 15 is 0 Å². The van der Waals surface area contributed by atoms with Crippen LogP contribution in [0.3, 0.4) is 0 Å². The summed E-state index contributed by atoms with van der Waals surface area (Å²) < 4.78 is 1.81. The highest BCUT2D eigenvalue weighted by Gasteiger charge is 2.13. The van der Waals surface area contributed by atoms with E-state index in [9.17, 15) is 4.79 Å². The minimum atomic E-state index is 0.108. The van der Waals surface area contributed by atoms with E-state index < -0.39 is 0 Å². The van der Waals surface area contributed by atoms with Crippen molar-refractivity contribution in [2.45, 2.75) is 26.2 Å². The zero-order valence-electron chi connectivity index (χ0n) is 7.66. The molecule has 1 aromatic rings. The molecule has 0 aromatic carbocycles. The minimum absolute atomic E-state index is 0.108. The van der Waals surface area contributed by atoms with E-state index in [0.717, 1.165) is 30.5 Å². The van der Waals surface area contributed by atoms with Crippen LogP contribution in [0.25, 0.3) is 6.20 Å². The lowest BCUT2D eigenvalue weighted by molar-refractivity contribution is 0.101. The number of Topliss-reactive ketones (excluding diaryl/α,β-unsaturated/α-hetero) is 1. The van der Waals surface area contributed by atoms with Crippen molar-refractivity contribution in [1.82, 2.24) is 9.78 Å². The van der Waals surface area contributed by atoms with Crippen LogP contribution in [0.4, 0.5) is 0 Å². The van der Waals surface area contributed by atoms with Crippen molar-refractivity contribution in [3.63, 3.8) is 0 Å². The highest BCUT2D eigenvalue weighted by molar-refractivity contribution is 5.95. The van der Waals surface area contributed by atoms with Gasteiger partial charge in [-0.3, -0.25) is 4.79 Å². The fraction of sp³-hybridized carbons (Fsp3) is 0.400. The third-order valence-corrected chi connectivity index (χ3v) is 2.31. The summed E-state index contributed by atoms with van der Waals surface area (Å²) in [7, 11) is 0. The van der Waals surface area contributed by atoms with Gasteiger partial charge in [0.15, 0.2) is 5.78 Å². The lowest BCUT2D eigenvalue weighted by atomic mass is 10.1. The second kappa shape index (κ2) is 3.17. The van der Waals surface area contributed by atoms with Crippen LogP contribution in [0.1, 0.15) is 35.8 Å². The van der Waals surface area contributed by atoms with Gasteiger partial charge in [0.1, 0.15) is 0 Å². The standard InChI is InChI=1S/C10H12N2O/c1-8(13)9-7-11-12-6-4-2-3-5-10(9)12/h4,6-7H,2-3,5H2,1H3. The Morgan fingerprint density at radius 1 is 1.62 bits per heavy atom. The normalized spacial score (nSPS) is 15.2. The monoisotopic (exact) mass is 176 g/mol. The number of nitrogens with zero attached hydrogens (tertiary/aromatic N) is 2. The van der Waals surface area contributed by atoms with E-state index in [0.29, 0.717) is 0 Å². The Bertz CT molecular complexity index is 363. The molecule has 0 N–H and O–H groups in total. The van der Waals surface area contributed by atoms with Crippen LogP contribution in [0, 0.1) is 0 Å². The molecule has 2 rings (SSSR count). The van der Waals surface area contributed by atoms with Gasteiger partial charge in [-0.05, 0) is 26.2 Å². The molecule has 3 nitrogen and oxygen atoms in total. The number of aromatic nitrogens is 2. The molecule has 3 heteroatoms. The van der Waals surface area contributed by atoms with Crippen molar-refractivity contribution in [1.29, 1.82) is 0 Å². The Labute approximate surface area is 77.1 Å². The molecule has 0 atom stereocenters. The number of ketones is 1. The van der Waals surface area contributed by atoms with Crippen LogP contribution in [-0.4, -0.2) is 15.6 Å². The van der Waals surface area contributed by atoms with Gasteiger partial charge in [-0.15, -0.1) is 0 Å². The molecule has 1 aromatic heterocycles. The molecule has 13 heavy (non-hydrogen) atoms. The van der Waals surface area contributed by atoms with Crippen molar-refractivity contribution >= 4 is 12.0 Å². The Morgan fingerprint density at radius 3 is 3.23 bits per heavy atom. The van der Waals surface area contributed by atoms with Crippen LogP contribution < -0.4 is 0 Å². The van der Waals surface area contributed by atoms with Gasteiger partial charge in [0.05, 0.1) is 17.5 Å². The first-order chi connectivity index (χ1) is 6.29. The van der Waals surface area contributed by atoms with Crippen molar-refractivity contribution in [3.05, 3.63) is 23.5 Å². The van der Waals surface area contributed by atoms with Crippen LogP contribution in [-0.2, 0) is 6.42 Å². The van der Waals surface area contributed by atoms with Crippen molar-refractivity contribution in [2.24, 2.45) is 0 Å². The molecule has 0 fully saturated rings. The number of carbonyl (C=O) groups is 1. The van der Waals surface area contributed by atoms with Gasteiger partial charge in [-0.1, -0.05) is 6.08 Å². The van der Waals surface area contributed by atoms with E-state index in [2.05, 4.69) is 11.2 Å². The molecule has 68 valence electrons. The smallest absolute Gasteiger partial charge is 0.163 e. The number of allylic oxidation sites excluding steroid dienone is 1.